The number of aryl methyl sites for hydroxylation is 2. The average Bonchev–Trinajstić information content (AvgIpc) is 3.13. The van der Waals surface area contributed by atoms with E-state index < -0.39 is 12.0 Å². The van der Waals surface area contributed by atoms with E-state index in [2.05, 4.69) is 10.1 Å². The summed E-state index contributed by atoms with van der Waals surface area (Å²) < 4.78 is 1.71. The lowest BCUT2D eigenvalue weighted by Gasteiger charge is -2.21. The van der Waals surface area contributed by atoms with Crippen LogP contribution in [0.3, 0.4) is 0 Å². The van der Waals surface area contributed by atoms with Gasteiger partial charge in [0.1, 0.15) is 6.04 Å². The Morgan fingerprint density at radius 1 is 1.30 bits per heavy atom. The van der Waals surface area contributed by atoms with E-state index in [1.807, 2.05) is 19.9 Å². The molecule has 2 aromatic heterocycles. The van der Waals surface area contributed by atoms with Crippen LogP contribution in [0, 0.1) is 13.8 Å². The zero-order chi connectivity index (χ0) is 16.6. The summed E-state index contributed by atoms with van der Waals surface area (Å²) in [6, 6.07) is 4.59. The summed E-state index contributed by atoms with van der Waals surface area (Å²) in [6.45, 7) is 4.30. The molecule has 3 rings (SSSR count). The van der Waals surface area contributed by atoms with Crippen molar-refractivity contribution in [3.05, 3.63) is 41.3 Å². The van der Waals surface area contributed by atoms with Crippen molar-refractivity contribution in [2.24, 2.45) is 0 Å². The molecule has 1 saturated heterocycles. The molecule has 2 aromatic rings. The first-order chi connectivity index (χ1) is 11.0. The summed E-state index contributed by atoms with van der Waals surface area (Å²) >= 11 is 0. The fourth-order valence-electron chi connectivity index (χ4n) is 2.93. The van der Waals surface area contributed by atoms with E-state index in [0.29, 0.717) is 30.8 Å². The van der Waals surface area contributed by atoms with Gasteiger partial charge in [0, 0.05) is 18.4 Å². The van der Waals surface area contributed by atoms with Crippen LogP contribution in [0.4, 0.5) is 0 Å². The maximum absolute atomic E-state index is 12.5. The molecule has 7 heteroatoms. The molecule has 3 heterocycles. The Bertz CT molecular complexity index is 751. The van der Waals surface area contributed by atoms with Gasteiger partial charge in [-0.3, -0.25) is 4.79 Å². The molecule has 1 fully saturated rings. The van der Waals surface area contributed by atoms with Crippen molar-refractivity contribution in [1.82, 2.24) is 19.7 Å². The number of aromatic nitrogens is 3. The van der Waals surface area contributed by atoms with E-state index >= 15 is 0 Å². The number of carbonyl (C=O) groups excluding carboxylic acids is 1. The van der Waals surface area contributed by atoms with Gasteiger partial charge in [-0.2, -0.15) is 5.10 Å². The lowest BCUT2D eigenvalue weighted by atomic mass is 10.2. The summed E-state index contributed by atoms with van der Waals surface area (Å²) in [6.07, 6.45) is 2.68. The number of carboxylic acids is 1. The number of carbonyl (C=O) groups is 2. The maximum atomic E-state index is 12.5. The molecule has 0 bridgehead atoms. The van der Waals surface area contributed by atoms with Gasteiger partial charge in [-0.15, -0.1) is 0 Å². The quantitative estimate of drug-likeness (QED) is 0.929. The van der Waals surface area contributed by atoms with Gasteiger partial charge in [-0.05, 0) is 44.9 Å². The van der Waals surface area contributed by atoms with E-state index in [0.717, 1.165) is 11.4 Å². The van der Waals surface area contributed by atoms with Crippen molar-refractivity contribution in [2.45, 2.75) is 32.7 Å². The predicted octanol–water partition coefficient (Wildman–Crippen LogP) is 1.57. The summed E-state index contributed by atoms with van der Waals surface area (Å²) in [5.74, 6) is -0.617. The second kappa shape index (κ2) is 5.83. The molecule has 23 heavy (non-hydrogen) atoms. The van der Waals surface area contributed by atoms with Gasteiger partial charge in [0.25, 0.3) is 5.91 Å². The van der Waals surface area contributed by atoms with E-state index in [-0.39, 0.29) is 5.91 Å². The molecule has 0 unspecified atom stereocenters. The Morgan fingerprint density at radius 2 is 2.09 bits per heavy atom. The maximum Gasteiger partial charge on any atom is 0.326 e. The lowest BCUT2D eigenvalue weighted by molar-refractivity contribution is -0.141. The van der Waals surface area contributed by atoms with Crippen molar-refractivity contribution in [1.29, 1.82) is 0 Å². The number of likely N-dealkylation sites (tertiary alicyclic amines) is 1. The SMILES string of the molecule is Cc1cc(C)n(-c2ccc(C(=O)N3CCC[C@H]3C(=O)O)cn2)n1. The number of rotatable bonds is 3. The number of pyridine rings is 1. The number of nitrogens with zero attached hydrogens (tertiary/aromatic N) is 4. The third kappa shape index (κ3) is 2.81. The highest BCUT2D eigenvalue weighted by molar-refractivity contribution is 5.96. The monoisotopic (exact) mass is 314 g/mol. The molecular formula is C16H18N4O3. The number of hydrogen-bond donors (Lipinski definition) is 1. The highest BCUT2D eigenvalue weighted by Crippen LogP contribution is 2.20. The van der Waals surface area contributed by atoms with Gasteiger partial charge in [-0.25, -0.2) is 14.5 Å². The Balaban J connectivity index is 1.83. The fourth-order valence-corrected chi connectivity index (χ4v) is 2.93. The van der Waals surface area contributed by atoms with E-state index in [1.165, 1.54) is 11.1 Å². The number of amides is 1. The highest BCUT2D eigenvalue weighted by atomic mass is 16.4. The van der Waals surface area contributed by atoms with Crippen LogP contribution in [0.25, 0.3) is 5.82 Å². The van der Waals surface area contributed by atoms with Gasteiger partial charge in [-0.1, -0.05) is 0 Å². The first-order valence-corrected chi connectivity index (χ1v) is 7.51. The van der Waals surface area contributed by atoms with E-state index in [1.54, 1.807) is 16.8 Å². The van der Waals surface area contributed by atoms with Crippen molar-refractivity contribution >= 4 is 11.9 Å². The standard InChI is InChI=1S/C16H18N4O3/c1-10-8-11(2)20(18-10)14-6-5-12(9-17-14)15(21)19-7-3-4-13(19)16(22)23/h5-6,8-9,13H,3-4,7H2,1-2H3,(H,22,23)/t13-/m0/s1. The van der Waals surface area contributed by atoms with Crippen LogP contribution >= 0.6 is 0 Å². The molecule has 0 aliphatic carbocycles. The van der Waals surface area contributed by atoms with Gasteiger partial charge < -0.3 is 10.0 Å². The van der Waals surface area contributed by atoms with Crippen LogP contribution in [0.2, 0.25) is 0 Å². The molecule has 1 amide bonds. The van der Waals surface area contributed by atoms with Crippen LogP contribution < -0.4 is 0 Å². The number of aliphatic carboxylic acids is 1. The first-order valence-electron chi connectivity index (χ1n) is 7.51. The van der Waals surface area contributed by atoms with Gasteiger partial charge in [0.15, 0.2) is 5.82 Å². The second-order valence-electron chi connectivity index (χ2n) is 5.74. The van der Waals surface area contributed by atoms with Crippen LogP contribution in [0.5, 0.6) is 0 Å². The fraction of sp³-hybridized carbons (Fsp3) is 0.375. The normalized spacial score (nSPS) is 17.5. The van der Waals surface area contributed by atoms with Crippen molar-refractivity contribution in [3.8, 4) is 5.82 Å². The second-order valence-corrected chi connectivity index (χ2v) is 5.74. The third-order valence-corrected chi connectivity index (χ3v) is 4.02. The Morgan fingerprint density at radius 3 is 2.65 bits per heavy atom. The van der Waals surface area contributed by atoms with Crippen molar-refractivity contribution in [3.63, 3.8) is 0 Å². The predicted molar refractivity (Wildman–Crippen MR) is 82.5 cm³/mol. The Labute approximate surface area is 133 Å². The molecule has 0 saturated carbocycles. The first kappa shape index (κ1) is 15.2. The highest BCUT2D eigenvalue weighted by Gasteiger charge is 2.34. The molecule has 0 aromatic carbocycles. The zero-order valence-electron chi connectivity index (χ0n) is 13.1. The topological polar surface area (TPSA) is 88.3 Å². The van der Waals surface area contributed by atoms with Crippen LogP contribution in [0.15, 0.2) is 24.4 Å². The van der Waals surface area contributed by atoms with Gasteiger partial charge in [0.05, 0.1) is 11.3 Å². The van der Waals surface area contributed by atoms with Crippen LogP contribution in [-0.4, -0.2) is 49.2 Å². The number of carboxylic acid groups (broad SMARTS) is 1. The van der Waals surface area contributed by atoms with Gasteiger partial charge in [0.2, 0.25) is 0 Å². The number of hydrogen-bond acceptors (Lipinski definition) is 4. The van der Waals surface area contributed by atoms with Crippen molar-refractivity contribution in [2.75, 3.05) is 6.54 Å². The molecule has 120 valence electrons. The largest absolute Gasteiger partial charge is 0.480 e. The minimum atomic E-state index is -0.955. The molecule has 1 atom stereocenters. The summed E-state index contributed by atoms with van der Waals surface area (Å²) in [7, 11) is 0. The average molecular weight is 314 g/mol. The Hall–Kier alpha value is -2.70. The van der Waals surface area contributed by atoms with Gasteiger partial charge >= 0.3 is 5.97 Å². The van der Waals surface area contributed by atoms with E-state index in [4.69, 9.17) is 0 Å². The molecule has 1 aliphatic heterocycles. The molecule has 0 radical (unpaired) electrons. The third-order valence-electron chi connectivity index (χ3n) is 4.02. The molecule has 7 nitrogen and oxygen atoms in total. The molecule has 0 spiro atoms. The summed E-state index contributed by atoms with van der Waals surface area (Å²) in [4.78, 5) is 29.4. The molecule has 1 N–H and O–H groups in total. The minimum absolute atomic E-state index is 0.290. The Kier molecular flexibility index (Phi) is 3.85. The zero-order valence-corrected chi connectivity index (χ0v) is 13.1. The van der Waals surface area contributed by atoms with Crippen molar-refractivity contribution < 1.29 is 14.7 Å². The molecule has 1 aliphatic rings. The lowest BCUT2D eigenvalue weighted by Crippen LogP contribution is -2.40. The van der Waals surface area contributed by atoms with E-state index in [9.17, 15) is 14.7 Å². The minimum Gasteiger partial charge on any atom is -0.480 e. The molecular weight excluding hydrogens is 296 g/mol. The smallest absolute Gasteiger partial charge is 0.326 e. The summed E-state index contributed by atoms with van der Waals surface area (Å²) in [5.41, 5.74) is 2.24. The summed E-state index contributed by atoms with van der Waals surface area (Å²) in [5, 5.41) is 13.5. The van der Waals surface area contributed by atoms with Crippen LogP contribution in [0.1, 0.15) is 34.6 Å². The van der Waals surface area contributed by atoms with Crippen LogP contribution in [-0.2, 0) is 4.79 Å².